The summed E-state index contributed by atoms with van der Waals surface area (Å²) in [5.41, 5.74) is 1.61. The molecule has 172 valence electrons. The molecule has 0 radical (unpaired) electrons. The van der Waals surface area contributed by atoms with Gasteiger partial charge in [0.25, 0.3) is 10.0 Å². The highest BCUT2D eigenvalue weighted by Gasteiger charge is 2.24. The molecular weight excluding hydrogens is 442 g/mol. The van der Waals surface area contributed by atoms with Crippen molar-refractivity contribution in [1.82, 2.24) is 14.9 Å². The summed E-state index contributed by atoms with van der Waals surface area (Å²) in [6.45, 7) is 2.32. The second-order valence-electron chi connectivity index (χ2n) is 7.69. The third-order valence-corrected chi connectivity index (χ3v) is 6.89. The topological polar surface area (TPSA) is 116 Å². The highest BCUT2D eigenvalue weighted by atomic mass is 32.2. The van der Waals surface area contributed by atoms with Gasteiger partial charge in [-0.15, -0.1) is 0 Å². The minimum Gasteiger partial charge on any atom is -0.388 e. The normalized spacial score (nSPS) is 15.2. The van der Waals surface area contributed by atoms with E-state index in [0.29, 0.717) is 26.2 Å². The molecular formula is C23H25N5O4S. The first-order chi connectivity index (χ1) is 15.9. The van der Waals surface area contributed by atoms with Crippen molar-refractivity contribution >= 4 is 27.4 Å². The van der Waals surface area contributed by atoms with Crippen LogP contribution in [0.3, 0.4) is 0 Å². The smallest absolute Gasteiger partial charge is 0.263 e. The Hall–Kier alpha value is -3.50. The maximum atomic E-state index is 12.6. The fraction of sp³-hybridized carbons (Fsp3) is 0.261. The van der Waals surface area contributed by atoms with Gasteiger partial charge in [0.15, 0.2) is 0 Å². The van der Waals surface area contributed by atoms with Gasteiger partial charge in [-0.2, -0.15) is 0 Å². The zero-order chi connectivity index (χ0) is 23.3. The standard InChI is InChI=1S/C23H25N5O4S/c29-21(18-4-2-1-3-5-18)16-23(30)28-14-12-27(13-15-28)19-6-8-20(9-7-19)33(31,32)26-22-10-11-24-17-25-22/h1-11,17,21,29H,12-16H2,(H,24,25,26)/t21-/m1/s1. The molecule has 1 atom stereocenters. The van der Waals surface area contributed by atoms with Crippen molar-refractivity contribution in [2.24, 2.45) is 0 Å². The molecule has 2 aromatic carbocycles. The Morgan fingerprint density at radius 2 is 1.70 bits per heavy atom. The number of benzene rings is 2. The number of nitrogens with one attached hydrogen (secondary N) is 1. The minimum absolute atomic E-state index is 0.0515. The maximum Gasteiger partial charge on any atom is 0.263 e. The Morgan fingerprint density at radius 3 is 2.33 bits per heavy atom. The molecule has 33 heavy (non-hydrogen) atoms. The van der Waals surface area contributed by atoms with Gasteiger partial charge >= 0.3 is 0 Å². The zero-order valence-electron chi connectivity index (χ0n) is 17.9. The molecule has 1 aliphatic rings. The van der Waals surface area contributed by atoms with E-state index in [1.165, 1.54) is 18.6 Å². The van der Waals surface area contributed by atoms with Crippen LogP contribution >= 0.6 is 0 Å². The van der Waals surface area contributed by atoms with Crippen LogP contribution in [0.25, 0.3) is 0 Å². The van der Waals surface area contributed by atoms with Gasteiger partial charge < -0.3 is 14.9 Å². The average molecular weight is 468 g/mol. The number of carbonyl (C=O) groups excluding carboxylic acids is 1. The van der Waals surface area contributed by atoms with Crippen molar-refractivity contribution in [3.63, 3.8) is 0 Å². The predicted octanol–water partition coefficient (Wildman–Crippen LogP) is 2.05. The minimum atomic E-state index is -3.75. The molecule has 1 amide bonds. The molecule has 0 aliphatic carbocycles. The van der Waals surface area contributed by atoms with Crippen molar-refractivity contribution in [3.05, 3.63) is 78.8 Å². The number of nitrogens with zero attached hydrogens (tertiary/aromatic N) is 4. The summed E-state index contributed by atoms with van der Waals surface area (Å²) in [7, 11) is -3.75. The van der Waals surface area contributed by atoms with Crippen LogP contribution in [0, 0.1) is 0 Å². The van der Waals surface area contributed by atoms with Crippen LogP contribution in [-0.2, 0) is 14.8 Å². The van der Waals surface area contributed by atoms with Crippen LogP contribution in [-0.4, -0.2) is 60.5 Å². The van der Waals surface area contributed by atoms with Crippen molar-refractivity contribution < 1.29 is 18.3 Å². The largest absolute Gasteiger partial charge is 0.388 e. The monoisotopic (exact) mass is 467 g/mol. The molecule has 1 aromatic heterocycles. The van der Waals surface area contributed by atoms with E-state index in [4.69, 9.17) is 0 Å². The summed E-state index contributed by atoms with van der Waals surface area (Å²) in [4.78, 5) is 24.2. The fourth-order valence-electron chi connectivity index (χ4n) is 3.69. The second kappa shape index (κ2) is 9.97. The van der Waals surface area contributed by atoms with Crippen LogP contribution in [0.1, 0.15) is 18.1 Å². The lowest BCUT2D eigenvalue weighted by atomic mass is 10.1. The van der Waals surface area contributed by atoms with E-state index in [9.17, 15) is 18.3 Å². The van der Waals surface area contributed by atoms with Crippen LogP contribution < -0.4 is 9.62 Å². The molecule has 1 fully saturated rings. The molecule has 0 bridgehead atoms. The number of aromatic nitrogens is 2. The Labute approximate surface area is 192 Å². The van der Waals surface area contributed by atoms with Crippen molar-refractivity contribution in [1.29, 1.82) is 0 Å². The summed E-state index contributed by atoms with van der Waals surface area (Å²) >= 11 is 0. The zero-order valence-corrected chi connectivity index (χ0v) is 18.7. The average Bonchev–Trinajstić information content (AvgIpc) is 2.85. The molecule has 1 saturated heterocycles. The number of rotatable bonds is 7. The maximum absolute atomic E-state index is 12.6. The Morgan fingerprint density at radius 1 is 1.00 bits per heavy atom. The number of aliphatic hydroxyl groups is 1. The lowest BCUT2D eigenvalue weighted by Gasteiger charge is -2.36. The Balaban J connectivity index is 1.32. The molecule has 0 spiro atoms. The number of hydrogen-bond donors (Lipinski definition) is 2. The molecule has 3 aromatic rings. The molecule has 4 rings (SSSR count). The molecule has 2 heterocycles. The van der Waals surface area contributed by atoms with Gasteiger partial charge in [0, 0.05) is 38.1 Å². The molecule has 0 saturated carbocycles. The van der Waals surface area contributed by atoms with Gasteiger partial charge in [-0.1, -0.05) is 30.3 Å². The van der Waals surface area contributed by atoms with E-state index >= 15 is 0 Å². The van der Waals surface area contributed by atoms with Gasteiger partial charge in [-0.25, -0.2) is 18.4 Å². The van der Waals surface area contributed by atoms with Crippen LogP contribution in [0.5, 0.6) is 0 Å². The second-order valence-corrected chi connectivity index (χ2v) is 9.37. The van der Waals surface area contributed by atoms with Gasteiger partial charge in [0.2, 0.25) is 5.91 Å². The first-order valence-electron chi connectivity index (χ1n) is 10.6. The van der Waals surface area contributed by atoms with Gasteiger partial charge in [0.05, 0.1) is 17.4 Å². The van der Waals surface area contributed by atoms with Gasteiger partial charge in [-0.3, -0.25) is 9.52 Å². The number of piperazine rings is 1. The number of amides is 1. The van der Waals surface area contributed by atoms with Gasteiger partial charge in [0.1, 0.15) is 12.1 Å². The number of carbonyl (C=O) groups is 1. The van der Waals surface area contributed by atoms with E-state index in [0.717, 1.165) is 11.3 Å². The summed E-state index contributed by atoms with van der Waals surface area (Å²) < 4.78 is 27.5. The fourth-order valence-corrected chi connectivity index (χ4v) is 4.69. The molecule has 10 heteroatoms. The van der Waals surface area contributed by atoms with Crippen LogP contribution in [0.2, 0.25) is 0 Å². The molecule has 2 N–H and O–H groups in total. The van der Waals surface area contributed by atoms with Crippen LogP contribution in [0.15, 0.2) is 78.1 Å². The summed E-state index contributed by atoms with van der Waals surface area (Å²) in [5.74, 6) is 0.121. The summed E-state index contributed by atoms with van der Waals surface area (Å²) in [5, 5.41) is 10.3. The molecule has 0 unspecified atom stereocenters. The molecule has 1 aliphatic heterocycles. The summed E-state index contributed by atoms with van der Waals surface area (Å²) in [6.07, 6.45) is 1.96. The predicted molar refractivity (Wildman–Crippen MR) is 124 cm³/mol. The highest BCUT2D eigenvalue weighted by Crippen LogP contribution is 2.22. The van der Waals surface area contributed by atoms with E-state index in [1.54, 1.807) is 29.2 Å². The van der Waals surface area contributed by atoms with E-state index in [1.807, 2.05) is 30.3 Å². The molecule has 9 nitrogen and oxygen atoms in total. The van der Waals surface area contributed by atoms with Crippen molar-refractivity contribution in [3.8, 4) is 0 Å². The lowest BCUT2D eigenvalue weighted by molar-refractivity contribution is -0.133. The van der Waals surface area contributed by atoms with E-state index < -0.39 is 16.1 Å². The van der Waals surface area contributed by atoms with Crippen molar-refractivity contribution in [2.45, 2.75) is 17.4 Å². The Bertz CT molecular complexity index is 1170. The number of anilines is 2. The first-order valence-corrected chi connectivity index (χ1v) is 12.1. The number of sulfonamides is 1. The SMILES string of the molecule is O=C(C[C@@H](O)c1ccccc1)N1CCN(c2ccc(S(=O)(=O)Nc3ccncn3)cc2)CC1. The Kier molecular flexibility index (Phi) is 6.85. The van der Waals surface area contributed by atoms with E-state index in [2.05, 4.69) is 19.6 Å². The quantitative estimate of drug-likeness (QED) is 0.546. The van der Waals surface area contributed by atoms with Crippen molar-refractivity contribution in [2.75, 3.05) is 35.8 Å². The number of aliphatic hydroxyl groups excluding tert-OH is 1. The third-order valence-electron chi connectivity index (χ3n) is 5.52. The van der Waals surface area contributed by atoms with Gasteiger partial charge in [-0.05, 0) is 35.9 Å². The lowest BCUT2D eigenvalue weighted by Crippen LogP contribution is -2.49. The summed E-state index contributed by atoms with van der Waals surface area (Å²) in [6, 6.07) is 17.2. The third kappa shape index (κ3) is 5.65. The highest BCUT2D eigenvalue weighted by molar-refractivity contribution is 7.92. The van der Waals surface area contributed by atoms with E-state index in [-0.39, 0.29) is 23.0 Å². The first kappa shape index (κ1) is 22.7. The number of hydrogen-bond acceptors (Lipinski definition) is 7. The van der Waals surface area contributed by atoms with Crippen LogP contribution in [0.4, 0.5) is 11.5 Å².